The largest absolute Gasteiger partial charge is 0.508 e. The highest BCUT2D eigenvalue weighted by Crippen LogP contribution is 2.35. The van der Waals surface area contributed by atoms with Gasteiger partial charge in [0.05, 0.1) is 0 Å². The van der Waals surface area contributed by atoms with Crippen molar-refractivity contribution in [3.05, 3.63) is 29.3 Å². The molecular weight excluding hydrogens is 174 g/mol. The molecule has 0 unspecified atom stereocenters. The van der Waals surface area contributed by atoms with Crippen LogP contribution in [0, 0.1) is 12.3 Å². The van der Waals surface area contributed by atoms with Crippen LogP contribution in [-0.4, -0.2) is 5.11 Å². The van der Waals surface area contributed by atoms with Crippen LogP contribution in [0.15, 0.2) is 18.2 Å². The van der Waals surface area contributed by atoms with E-state index in [1.165, 1.54) is 0 Å². The minimum Gasteiger partial charge on any atom is -0.508 e. The molecule has 0 amide bonds. The van der Waals surface area contributed by atoms with E-state index >= 15 is 0 Å². The summed E-state index contributed by atoms with van der Waals surface area (Å²) in [5.74, 6) is 0.290. The lowest BCUT2D eigenvalue weighted by atomic mass is 9.82. The summed E-state index contributed by atoms with van der Waals surface area (Å²) in [6, 6.07) is 5.40. The predicted octanol–water partition coefficient (Wildman–Crippen LogP) is 2.75. The van der Waals surface area contributed by atoms with Crippen molar-refractivity contribution in [2.75, 3.05) is 0 Å². The van der Waals surface area contributed by atoms with Crippen molar-refractivity contribution >= 4 is 0 Å². The lowest BCUT2D eigenvalue weighted by Gasteiger charge is -2.28. The van der Waals surface area contributed by atoms with Crippen LogP contribution < -0.4 is 5.73 Å². The molecule has 1 rings (SSSR count). The zero-order valence-electron chi connectivity index (χ0n) is 9.33. The number of hydrogen-bond donors (Lipinski definition) is 2. The summed E-state index contributed by atoms with van der Waals surface area (Å²) in [6.45, 7) is 8.20. The van der Waals surface area contributed by atoms with Crippen LogP contribution >= 0.6 is 0 Å². The van der Waals surface area contributed by atoms with E-state index in [1.54, 1.807) is 6.07 Å². The zero-order valence-corrected chi connectivity index (χ0v) is 9.33. The number of phenolic OH excluding ortho intramolecular Hbond substituents is 1. The molecule has 0 bridgehead atoms. The molecule has 2 heteroatoms. The molecule has 0 heterocycles. The smallest absolute Gasteiger partial charge is 0.120 e. The quantitative estimate of drug-likeness (QED) is 0.720. The number of phenols is 1. The van der Waals surface area contributed by atoms with Crippen molar-refractivity contribution in [3.8, 4) is 5.75 Å². The van der Waals surface area contributed by atoms with Gasteiger partial charge in [-0.15, -0.1) is 0 Å². The molecule has 78 valence electrons. The molecule has 0 aliphatic heterocycles. The van der Waals surface area contributed by atoms with Gasteiger partial charge in [-0.2, -0.15) is 0 Å². The Balaban J connectivity index is 3.12. The Labute approximate surface area is 85.8 Å². The second kappa shape index (κ2) is 3.62. The molecular formula is C12H19NO. The topological polar surface area (TPSA) is 46.2 Å². The summed E-state index contributed by atoms with van der Waals surface area (Å²) in [7, 11) is 0. The van der Waals surface area contributed by atoms with Crippen LogP contribution in [0.5, 0.6) is 5.75 Å². The number of rotatable bonds is 1. The van der Waals surface area contributed by atoms with Crippen LogP contribution in [0.25, 0.3) is 0 Å². The Bertz CT molecular complexity index is 326. The van der Waals surface area contributed by atoms with E-state index in [1.807, 2.05) is 19.1 Å². The predicted molar refractivity (Wildman–Crippen MR) is 59.2 cm³/mol. The Kier molecular flexibility index (Phi) is 2.86. The van der Waals surface area contributed by atoms with Gasteiger partial charge in [-0.05, 0) is 18.4 Å². The molecule has 0 fully saturated rings. The van der Waals surface area contributed by atoms with E-state index in [4.69, 9.17) is 5.73 Å². The van der Waals surface area contributed by atoms with E-state index in [-0.39, 0.29) is 17.2 Å². The molecule has 1 aromatic rings. The summed E-state index contributed by atoms with van der Waals surface area (Å²) >= 11 is 0. The van der Waals surface area contributed by atoms with Gasteiger partial charge in [-0.1, -0.05) is 38.5 Å². The highest BCUT2D eigenvalue weighted by Gasteiger charge is 2.24. The second-order valence-corrected chi connectivity index (χ2v) is 4.91. The van der Waals surface area contributed by atoms with Crippen LogP contribution in [0.4, 0.5) is 0 Å². The number of hydrogen-bond acceptors (Lipinski definition) is 2. The highest BCUT2D eigenvalue weighted by molar-refractivity contribution is 5.38. The van der Waals surface area contributed by atoms with Gasteiger partial charge in [0.2, 0.25) is 0 Å². The number of benzene rings is 1. The van der Waals surface area contributed by atoms with Crippen molar-refractivity contribution < 1.29 is 5.11 Å². The SMILES string of the molecule is Cc1ccc(O)c([C@@H](N)C(C)(C)C)c1. The van der Waals surface area contributed by atoms with Crippen molar-refractivity contribution in [3.63, 3.8) is 0 Å². The standard InChI is InChI=1S/C12H19NO/c1-8-5-6-10(14)9(7-8)11(13)12(2,3)4/h5-7,11,14H,13H2,1-4H3/t11-/m1/s1. The molecule has 0 radical (unpaired) electrons. The number of aryl methyl sites for hydroxylation is 1. The lowest BCUT2D eigenvalue weighted by molar-refractivity contribution is 0.317. The summed E-state index contributed by atoms with van der Waals surface area (Å²) in [5.41, 5.74) is 8.00. The maximum atomic E-state index is 9.69. The normalized spacial score (nSPS) is 14.1. The van der Waals surface area contributed by atoms with Gasteiger partial charge < -0.3 is 10.8 Å². The monoisotopic (exact) mass is 193 g/mol. The van der Waals surface area contributed by atoms with Gasteiger partial charge in [-0.3, -0.25) is 0 Å². The third-order valence-electron chi connectivity index (χ3n) is 2.45. The Hall–Kier alpha value is -1.02. The van der Waals surface area contributed by atoms with Crippen LogP contribution in [-0.2, 0) is 0 Å². The van der Waals surface area contributed by atoms with Gasteiger partial charge in [-0.25, -0.2) is 0 Å². The molecule has 0 aliphatic rings. The van der Waals surface area contributed by atoms with Gasteiger partial charge >= 0.3 is 0 Å². The fraction of sp³-hybridized carbons (Fsp3) is 0.500. The van der Waals surface area contributed by atoms with Gasteiger partial charge in [0.15, 0.2) is 0 Å². The first-order valence-electron chi connectivity index (χ1n) is 4.87. The van der Waals surface area contributed by atoms with Crippen LogP contribution in [0.2, 0.25) is 0 Å². The fourth-order valence-corrected chi connectivity index (χ4v) is 1.39. The number of nitrogens with two attached hydrogens (primary N) is 1. The number of aromatic hydroxyl groups is 1. The fourth-order valence-electron chi connectivity index (χ4n) is 1.39. The molecule has 0 aromatic heterocycles. The summed E-state index contributed by atoms with van der Waals surface area (Å²) in [5, 5.41) is 9.69. The van der Waals surface area contributed by atoms with Gasteiger partial charge in [0.1, 0.15) is 5.75 Å². The summed E-state index contributed by atoms with van der Waals surface area (Å²) < 4.78 is 0. The van der Waals surface area contributed by atoms with Crippen molar-refractivity contribution in [2.24, 2.45) is 11.1 Å². The van der Waals surface area contributed by atoms with Gasteiger partial charge in [0, 0.05) is 11.6 Å². The molecule has 1 atom stereocenters. The third kappa shape index (κ3) is 2.26. The average Bonchev–Trinajstić information content (AvgIpc) is 2.06. The molecule has 3 N–H and O–H groups in total. The molecule has 1 aromatic carbocycles. The van der Waals surface area contributed by atoms with E-state index in [9.17, 15) is 5.11 Å². The Morgan fingerprint density at radius 1 is 1.29 bits per heavy atom. The van der Waals surface area contributed by atoms with Gasteiger partial charge in [0.25, 0.3) is 0 Å². The van der Waals surface area contributed by atoms with Crippen LogP contribution in [0.3, 0.4) is 0 Å². The summed E-state index contributed by atoms with van der Waals surface area (Å²) in [4.78, 5) is 0. The average molecular weight is 193 g/mol. The first-order chi connectivity index (χ1) is 6.32. The van der Waals surface area contributed by atoms with E-state index in [0.717, 1.165) is 11.1 Å². The zero-order chi connectivity index (χ0) is 10.9. The second-order valence-electron chi connectivity index (χ2n) is 4.91. The van der Waals surface area contributed by atoms with E-state index in [0.29, 0.717) is 0 Å². The highest BCUT2D eigenvalue weighted by atomic mass is 16.3. The van der Waals surface area contributed by atoms with Crippen molar-refractivity contribution in [1.29, 1.82) is 0 Å². The maximum Gasteiger partial charge on any atom is 0.120 e. The third-order valence-corrected chi connectivity index (χ3v) is 2.45. The minimum atomic E-state index is -0.137. The molecule has 0 spiro atoms. The molecule has 0 saturated heterocycles. The molecule has 0 aliphatic carbocycles. The molecule has 14 heavy (non-hydrogen) atoms. The van der Waals surface area contributed by atoms with Crippen molar-refractivity contribution in [1.82, 2.24) is 0 Å². The van der Waals surface area contributed by atoms with Crippen LogP contribution in [0.1, 0.15) is 37.9 Å². The lowest BCUT2D eigenvalue weighted by Crippen LogP contribution is -2.26. The maximum absolute atomic E-state index is 9.69. The Morgan fingerprint density at radius 3 is 2.36 bits per heavy atom. The first kappa shape index (κ1) is 11.1. The summed E-state index contributed by atoms with van der Waals surface area (Å²) in [6.07, 6.45) is 0. The molecule has 2 nitrogen and oxygen atoms in total. The Morgan fingerprint density at radius 2 is 1.86 bits per heavy atom. The van der Waals surface area contributed by atoms with E-state index in [2.05, 4.69) is 20.8 Å². The minimum absolute atomic E-state index is 0.0364. The molecule has 0 saturated carbocycles. The van der Waals surface area contributed by atoms with Crippen molar-refractivity contribution in [2.45, 2.75) is 33.7 Å². The first-order valence-corrected chi connectivity index (χ1v) is 4.87. The van der Waals surface area contributed by atoms with E-state index < -0.39 is 0 Å².